The molecule has 1 saturated heterocycles. The Morgan fingerprint density at radius 3 is 2.61 bits per heavy atom. The minimum absolute atomic E-state index is 0.0858. The van der Waals surface area contributed by atoms with Crippen molar-refractivity contribution in [3.8, 4) is 11.4 Å². The number of methoxy groups -OCH3 is 1. The first-order chi connectivity index (χ1) is 13.7. The van der Waals surface area contributed by atoms with E-state index < -0.39 is 0 Å². The van der Waals surface area contributed by atoms with Crippen LogP contribution in [0, 0.1) is 0 Å². The fraction of sp³-hybridized carbons (Fsp3) is 0.238. The van der Waals surface area contributed by atoms with Gasteiger partial charge in [-0.2, -0.15) is 5.10 Å². The number of urea groups is 1. The zero-order valence-corrected chi connectivity index (χ0v) is 15.8. The van der Waals surface area contributed by atoms with Crippen LogP contribution in [0.1, 0.15) is 0 Å². The number of carbonyl (C=O) groups is 1. The van der Waals surface area contributed by atoms with Crippen molar-refractivity contribution in [2.45, 2.75) is 0 Å². The molecule has 0 unspecified atom stereocenters. The molecule has 1 aliphatic heterocycles. The molecule has 3 aromatic rings. The molecule has 4 rings (SSSR count). The van der Waals surface area contributed by atoms with E-state index in [1.807, 2.05) is 59.6 Å². The van der Waals surface area contributed by atoms with E-state index in [9.17, 15) is 4.79 Å². The van der Waals surface area contributed by atoms with Gasteiger partial charge in [-0.05, 0) is 36.4 Å². The number of amides is 2. The van der Waals surface area contributed by atoms with Crippen molar-refractivity contribution in [3.63, 3.8) is 0 Å². The summed E-state index contributed by atoms with van der Waals surface area (Å²) in [5.74, 6) is 0.857. The second kappa shape index (κ2) is 8.04. The lowest BCUT2D eigenvalue weighted by Gasteiger charge is -2.36. The van der Waals surface area contributed by atoms with Crippen molar-refractivity contribution in [2.75, 3.05) is 43.5 Å². The van der Waals surface area contributed by atoms with Gasteiger partial charge in [0.25, 0.3) is 0 Å². The Labute approximate surface area is 164 Å². The summed E-state index contributed by atoms with van der Waals surface area (Å²) in [5, 5.41) is 7.22. The molecule has 1 fully saturated rings. The lowest BCUT2D eigenvalue weighted by molar-refractivity contribution is 0.208. The maximum absolute atomic E-state index is 12.7. The Balaban J connectivity index is 1.38. The van der Waals surface area contributed by atoms with Gasteiger partial charge in [-0.3, -0.25) is 0 Å². The maximum atomic E-state index is 12.7. The number of aromatic nitrogens is 2. The number of anilines is 2. The summed E-state index contributed by atoms with van der Waals surface area (Å²) in [6.07, 6.45) is 3.60. The van der Waals surface area contributed by atoms with Crippen molar-refractivity contribution in [1.82, 2.24) is 14.7 Å². The van der Waals surface area contributed by atoms with Crippen LogP contribution in [0.25, 0.3) is 5.69 Å². The predicted octanol–water partition coefficient (Wildman–Crippen LogP) is 3.24. The van der Waals surface area contributed by atoms with Crippen molar-refractivity contribution < 1.29 is 9.53 Å². The molecule has 1 N–H and O–H groups in total. The van der Waals surface area contributed by atoms with Crippen LogP contribution in [0.15, 0.2) is 67.0 Å². The van der Waals surface area contributed by atoms with Crippen LogP contribution in [0.3, 0.4) is 0 Å². The third kappa shape index (κ3) is 3.78. The summed E-state index contributed by atoms with van der Waals surface area (Å²) in [5.41, 5.74) is 2.73. The minimum atomic E-state index is -0.0858. The minimum Gasteiger partial charge on any atom is -0.495 e. The molecule has 1 aliphatic rings. The zero-order valence-electron chi connectivity index (χ0n) is 15.8. The average Bonchev–Trinajstić information content (AvgIpc) is 3.29. The second-order valence-electron chi connectivity index (χ2n) is 6.58. The van der Waals surface area contributed by atoms with Crippen LogP contribution in [0.5, 0.6) is 5.75 Å². The number of benzene rings is 2. The van der Waals surface area contributed by atoms with Crippen molar-refractivity contribution >= 4 is 17.4 Å². The molecular formula is C21H23N5O2. The van der Waals surface area contributed by atoms with Crippen molar-refractivity contribution in [1.29, 1.82) is 0 Å². The first-order valence-corrected chi connectivity index (χ1v) is 9.28. The summed E-state index contributed by atoms with van der Waals surface area (Å²) < 4.78 is 7.22. The van der Waals surface area contributed by atoms with Gasteiger partial charge in [0, 0.05) is 44.3 Å². The predicted molar refractivity (Wildman–Crippen MR) is 109 cm³/mol. The van der Waals surface area contributed by atoms with E-state index in [1.165, 1.54) is 0 Å². The molecule has 0 spiro atoms. The van der Waals surface area contributed by atoms with Gasteiger partial charge in [-0.15, -0.1) is 0 Å². The highest BCUT2D eigenvalue weighted by atomic mass is 16.5. The van der Waals surface area contributed by atoms with E-state index >= 15 is 0 Å². The van der Waals surface area contributed by atoms with E-state index in [0.29, 0.717) is 13.1 Å². The maximum Gasteiger partial charge on any atom is 0.321 e. The molecular weight excluding hydrogens is 354 g/mol. The van der Waals surface area contributed by atoms with Gasteiger partial charge in [-0.1, -0.05) is 18.2 Å². The van der Waals surface area contributed by atoms with Gasteiger partial charge >= 0.3 is 6.03 Å². The topological polar surface area (TPSA) is 62.6 Å². The Morgan fingerprint density at radius 1 is 1.04 bits per heavy atom. The smallest absolute Gasteiger partial charge is 0.321 e. The fourth-order valence-corrected chi connectivity index (χ4v) is 3.39. The largest absolute Gasteiger partial charge is 0.495 e. The first-order valence-electron chi connectivity index (χ1n) is 9.28. The Bertz CT molecular complexity index is 933. The van der Waals surface area contributed by atoms with Gasteiger partial charge in [0.2, 0.25) is 0 Å². The van der Waals surface area contributed by atoms with E-state index in [2.05, 4.69) is 21.4 Å². The number of nitrogens with one attached hydrogen (secondary N) is 1. The molecule has 7 nitrogen and oxygen atoms in total. The molecule has 0 bridgehead atoms. The van der Waals surface area contributed by atoms with Gasteiger partial charge in [0.05, 0.1) is 18.5 Å². The van der Waals surface area contributed by atoms with Crippen LogP contribution in [0.2, 0.25) is 0 Å². The molecule has 0 aliphatic carbocycles. The number of ether oxygens (including phenoxy) is 1. The van der Waals surface area contributed by atoms with E-state index in [0.717, 1.165) is 35.9 Å². The summed E-state index contributed by atoms with van der Waals surface area (Å²) in [7, 11) is 1.68. The van der Waals surface area contributed by atoms with Gasteiger partial charge < -0.3 is 19.9 Å². The SMILES string of the molecule is COc1ccccc1N1CCN(C(=O)Nc2cccc(-n3cccn3)c2)CC1. The van der Waals surface area contributed by atoms with Gasteiger partial charge in [0.15, 0.2) is 0 Å². The summed E-state index contributed by atoms with van der Waals surface area (Å²) in [4.78, 5) is 16.8. The lowest BCUT2D eigenvalue weighted by Crippen LogP contribution is -2.50. The molecule has 2 amide bonds. The molecule has 7 heteroatoms. The molecule has 0 saturated carbocycles. The molecule has 2 heterocycles. The normalized spacial score (nSPS) is 14.0. The average molecular weight is 377 g/mol. The van der Waals surface area contributed by atoms with E-state index in [1.54, 1.807) is 18.0 Å². The van der Waals surface area contributed by atoms with E-state index in [4.69, 9.17) is 4.74 Å². The molecule has 28 heavy (non-hydrogen) atoms. The number of hydrogen-bond acceptors (Lipinski definition) is 4. The number of hydrogen-bond donors (Lipinski definition) is 1. The number of nitrogens with zero attached hydrogens (tertiary/aromatic N) is 4. The number of rotatable bonds is 4. The molecule has 0 radical (unpaired) electrons. The zero-order chi connectivity index (χ0) is 19.3. The fourth-order valence-electron chi connectivity index (χ4n) is 3.39. The van der Waals surface area contributed by atoms with Gasteiger partial charge in [-0.25, -0.2) is 9.48 Å². The monoisotopic (exact) mass is 377 g/mol. The third-order valence-corrected chi connectivity index (χ3v) is 4.86. The highest BCUT2D eigenvalue weighted by molar-refractivity contribution is 5.89. The second-order valence-corrected chi connectivity index (χ2v) is 6.58. The highest BCUT2D eigenvalue weighted by Gasteiger charge is 2.23. The third-order valence-electron chi connectivity index (χ3n) is 4.86. The number of piperazine rings is 1. The quantitative estimate of drug-likeness (QED) is 0.758. The van der Waals surface area contributed by atoms with Crippen molar-refractivity contribution in [3.05, 3.63) is 67.0 Å². The summed E-state index contributed by atoms with van der Waals surface area (Å²) in [6.45, 7) is 2.84. The standard InChI is InChI=1S/C21H23N5O2/c1-28-20-9-3-2-8-19(20)24-12-14-25(15-13-24)21(27)23-17-6-4-7-18(16-17)26-11-5-10-22-26/h2-11,16H,12-15H2,1H3,(H,23,27). The molecule has 2 aromatic carbocycles. The Morgan fingerprint density at radius 2 is 1.86 bits per heavy atom. The summed E-state index contributed by atoms with van der Waals surface area (Å²) in [6, 6.07) is 17.4. The molecule has 144 valence electrons. The van der Waals surface area contributed by atoms with Crippen LogP contribution >= 0.6 is 0 Å². The lowest BCUT2D eigenvalue weighted by atomic mass is 10.2. The van der Waals surface area contributed by atoms with Crippen LogP contribution in [-0.2, 0) is 0 Å². The Hall–Kier alpha value is -3.48. The first kappa shape index (κ1) is 17.9. The number of para-hydroxylation sites is 2. The molecule has 1 aromatic heterocycles. The Kier molecular flexibility index (Phi) is 5.14. The van der Waals surface area contributed by atoms with Gasteiger partial charge in [0.1, 0.15) is 5.75 Å². The highest BCUT2D eigenvalue weighted by Crippen LogP contribution is 2.28. The van der Waals surface area contributed by atoms with Crippen LogP contribution < -0.4 is 15.0 Å². The van der Waals surface area contributed by atoms with Crippen molar-refractivity contribution in [2.24, 2.45) is 0 Å². The molecule has 0 atom stereocenters. The van der Waals surface area contributed by atoms with E-state index in [-0.39, 0.29) is 6.03 Å². The summed E-state index contributed by atoms with van der Waals surface area (Å²) >= 11 is 0. The van der Waals surface area contributed by atoms with Crippen LogP contribution in [-0.4, -0.2) is 54.0 Å². The number of carbonyl (C=O) groups excluding carboxylic acids is 1. The van der Waals surface area contributed by atoms with Crippen LogP contribution in [0.4, 0.5) is 16.2 Å².